The highest BCUT2D eigenvalue weighted by atomic mass is 16.1. The molecule has 3 rings (SSSR count). The highest BCUT2D eigenvalue weighted by Gasteiger charge is 2.29. The van der Waals surface area contributed by atoms with Crippen LogP contribution in [0.3, 0.4) is 0 Å². The van der Waals surface area contributed by atoms with Crippen molar-refractivity contribution in [3.05, 3.63) is 58.6 Å². The normalized spacial score (nSPS) is 16.4. The van der Waals surface area contributed by atoms with Gasteiger partial charge in [0.05, 0.1) is 6.04 Å². The molecule has 1 aromatic carbocycles. The van der Waals surface area contributed by atoms with Gasteiger partial charge >= 0.3 is 0 Å². The fourth-order valence-corrected chi connectivity index (χ4v) is 2.65. The molecule has 0 aliphatic heterocycles. The molecule has 4 heteroatoms. The molecule has 1 N–H and O–H groups in total. The molecule has 2 aromatic rings. The summed E-state index contributed by atoms with van der Waals surface area (Å²) in [6.45, 7) is 0. The van der Waals surface area contributed by atoms with Gasteiger partial charge in [-0.2, -0.15) is 0 Å². The Morgan fingerprint density at radius 1 is 1.30 bits per heavy atom. The molecule has 0 bridgehead atoms. The van der Waals surface area contributed by atoms with Crippen LogP contribution in [0.2, 0.25) is 0 Å². The van der Waals surface area contributed by atoms with E-state index in [1.165, 1.54) is 24.8 Å². The van der Waals surface area contributed by atoms with Gasteiger partial charge in [0.25, 0.3) is 5.56 Å². The number of hydrogen-bond donors (Lipinski definition) is 1. The summed E-state index contributed by atoms with van der Waals surface area (Å²) in [5.74, 6) is 1.03. The Morgan fingerprint density at radius 3 is 2.70 bits per heavy atom. The standard InChI is InChI=1S/C16H19N3O/c1-19-11-10-17-15(16(19)20)18-14(13-8-5-9-13)12-6-3-2-4-7-12/h2-4,6-7,10-11,13-14H,5,8-9H2,1H3,(H,17,18)/t14-/m1/s1. The molecule has 1 fully saturated rings. The second-order valence-corrected chi connectivity index (χ2v) is 5.42. The topological polar surface area (TPSA) is 46.9 Å². The Morgan fingerprint density at radius 2 is 2.05 bits per heavy atom. The number of aryl methyl sites for hydroxylation is 1. The van der Waals surface area contributed by atoms with Gasteiger partial charge in [-0.3, -0.25) is 4.79 Å². The van der Waals surface area contributed by atoms with Crippen LogP contribution < -0.4 is 10.9 Å². The summed E-state index contributed by atoms with van der Waals surface area (Å²) in [5.41, 5.74) is 1.15. The largest absolute Gasteiger partial charge is 0.358 e. The van der Waals surface area contributed by atoms with Crippen LogP contribution in [-0.4, -0.2) is 9.55 Å². The molecule has 0 amide bonds. The first-order valence-electron chi connectivity index (χ1n) is 7.09. The number of rotatable bonds is 4. The van der Waals surface area contributed by atoms with E-state index in [4.69, 9.17) is 0 Å². The zero-order valence-corrected chi connectivity index (χ0v) is 11.6. The summed E-state index contributed by atoms with van der Waals surface area (Å²) in [6.07, 6.45) is 7.02. The molecule has 4 nitrogen and oxygen atoms in total. The summed E-state index contributed by atoms with van der Waals surface area (Å²) < 4.78 is 1.55. The maximum absolute atomic E-state index is 12.1. The van der Waals surface area contributed by atoms with E-state index in [-0.39, 0.29) is 11.6 Å². The van der Waals surface area contributed by atoms with E-state index in [0.717, 1.165) is 0 Å². The average Bonchev–Trinajstić information content (AvgIpc) is 2.42. The first-order chi connectivity index (χ1) is 9.75. The van der Waals surface area contributed by atoms with Crippen LogP contribution in [0.1, 0.15) is 30.9 Å². The lowest BCUT2D eigenvalue weighted by atomic mass is 9.77. The van der Waals surface area contributed by atoms with Gasteiger partial charge < -0.3 is 9.88 Å². The van der Waals surface area contributed by atoms with Crippen molar-refractivity contribution in [1.29, 1.82) is 0 Å². The maximum Gasteiger partial charge on any atom is 0.293 e. The van der Waals surface area contributed by atoms with Crippen LogP contribution >= 0.6 is 0 Å². The Bertz CT molecular complexity index is 632. The van der Waals surface area contributed by atoms with Crippen LogP contribution in [0.25, 0.3) is 0 Å². The third kappa shape index (κ3) is 2.46. The molecule has 0 radical (unpaired) electrons. The van der Waals surface area contributed by atoms with Crippen LogP contribution in [-0.2, 0) is 7.05 Å². The van der Waals surface area contributed by atoms with Gasteiger partial charge in [-0.15, -0.1) is 0 Å². The Hall–Kier alpha value is -2.10. The minimum atomic E-state index is -0.0762. The van der Waals surface area contributed by atoms with E-state index in [2.05, 4.69) is 22.4 Å². The smallest absolute Gasteiger partial charge is 0.293 e. The third-order valence-electron chi connectivity index (χ3n) is 4.09. The summed E-state index contributed by atoms with van der Waals surface area (Å²) >= 11 is 0. The van der Waals surface area contributed by atoms with Crippen molar-refractivity contribution in [3.8, 4) is 0 Å². The molecule has 104 valence electrons. The summed E-state index contributed by atoms with van der Waals surface area (Å²) in [6, 6.07) is 10.5. The van der Waals surface area contributed by atoms with E-state index in [0.29, 0.717) is 11.7 Å². The fraction of sp³-hybridized carbons (Fsp3) is 0.375. The van der Waals surface area contributed by atoms with Gasteiger partial charge in [0, 0.05) is 19.4 Å². The molecule has 1 aromatic heterocycles. The number of anilines is 1. The Kier molecular flexibility index (Phi) is 3.54. The summed E-state index contributed by atoms with van der Waals surface area (Å²) in [5, 5.41) is 3.36. The lowest BCUT2D eigenvalue weighted by molar-refractivity contribution is 0.276. The van der Waals surface area contributed by atoms with Crippen molar-refractivity contribution in [2.45, 2.75) is 25.3 Å². The Labute approximate surface area is 118 Å². The third-order valence-corrected chi connectivity index (χ3v) is 4.09. The lowest BCUT2D eigenvalue weighted by Crippen LogP contribution is -2.30. The van der Waals surface area contributed by atoms with Crippen molar-refractivity contribution >= 4 is 5.82 Å². The maximum atomic E-state index is 12.1. The SMILES string of the molecule is Cn1ccnc(N[C@H](c2ccccc2)C2CCC2)c1=O. The molecule has 1 atom stereocenters. The molecule has 1 aliphatic carbocycles. The van der Waals surface area contributed by atoms with Crippen LogP contribution in [0.5, 0.6) is 0 Å². The molecule has 1 saturated carbocycles. The molecule has 20 heavy (non-hydrogen) atoms. The number of nitrogens with zero attached hydrogens (tertiary/aromatic N) is 2. The van der Waals surface area contributed by atoms with E-state index in [1.54, 1.807) is 24.0 Å². The molecular weight excluding hydrogens is 250 g/mol. The van der Waals surface area contributed by atoms with Gasteiger partial charge in [-0.05, 0) is 24.3 Å². The first kappa shape index (κ1) is 12.9. The zero-order valence-electron chi connectivity index (χ0n) is 11.6. The number of benzene rings is 1. The van der Waals surface area contributed by atoms with Crippen LogP contribution in [0, 0.1) is 5.92 Å². The van der Waals surface area contributed by atoms with E-state index >= 15 is 0 Å². The van der Waals surface area contributed by atoms with Crippen molar-refractivity contribution in [2.24, 2.45) is 13.0 Å². The van der Waals surface area contributed by atoms with Gasteiger partial charge in [0.15, 0.2) is 5.82 Å². The van der Waals surface area contributed by atoms with E-state index in [9.17, 15) is 4.79 Å². The van der Waals surface area contributed by atoms with Gasteiger partial charge in [-0.25, -0.2) is 4.98 Å². The molecule has 0 saturated heterocycles. The Balaban J connectivity index is 1.91. The second kappa shape index (κ2) is 5.49. The summed E-state index contributed by atoms with van der Waals surface area (Å²) in [4.78, 5) is 16.3. The van der Waals surface area contributed by atoms with E-state index in [1.807, 2.05) is 18.2 Å². The van der Waals surface area contributed by atoms with Gasteiger partial charge in [0.1, 0.15) is 0 Å². The monoisotopic (exact) mass is 269 g/mol. The van der Waals surface area contributed by atoms with Gasteiger partial charge in [-0.1, -0.05) is 36.8 Å². The van der Waals surface area contributed by atoms with Crippen molar-refractivity contribution in [1.82, 2.24) is 9.55 Å². The lowest BCUT2D eigenvalue weighted by Gasteiger charge is -2.34. The van der Waals surface area contributed by atoms with Crippen molar-refractivity contribution in [2.75, 3.05) is 5.32 Å². The number of aromatic nitrogens is 2. The minimum absolute atomic E-state index is 0.0762. The first-order valence-corrected chi connectivity index (χ1v) is 7.09. The number of nitrogens with one attached hydrogen (secondary N) is 1. The molecule has 0 spiro atoms. The van der Waals surface area contributed by atoms with E-state index < -0.39 is 0 Å². The molecule has 1 aliphatic rings. The zero-order chi connectivity index (χ0) is 13.9. The second-order valence-electron chi connectivity index (χ2n) is 5.42. The fourth-order valence-electron chi connectivity index (χ4n) is 2.65. The van der Waals surface area contributed by atoms with Crippen molar-refractivity contribution < 1.29 is 0 Å². The quantitative estimate of drug-likeness (QED) is 0.928. The minimum Gasteiger partial charge on any atom is -0.358 e. The van der Waals surface area contributed by atoms with Crippen LogP contribution in [0.15, 0.2) is 47.5 Å². The predicted molar refractivity (Wildman–Crippen MR) is 79.6 cm³/mol. The molecule has 1 heterocycles. The summed E-state index contributed by atoms with van der Waals surface area (Å²) in [7, 11) is 1.75. The predicted octanol–water partition coefficient (Wildman–Crippen LogP) is 2.73. The van der Waals surface area contributed by atoms with Crippen molar-refractivity contribution in [3.63, 3.8) is 0 Å². The average molecular weight is 269 g/mol. The number of hydrogen-bond acceptors (Lipinski definition) is 3. The van der Waals surface area contributed by atoms with Crippen LogP contribution in [0.4, 0.5) is 5.82 Å². The molecular formula is C16H19N3O. The van der Waals surface area contributed by atoms with Gasteiger partial charge in [0.2, 0.25) is 0 Å². The highest BCUT2D eigenvalue weighted by Crippen LogP contribution is 2.39. The molecule has 0 unspecified atom stereocenters. The highest BCUT2D eigenvalue weighted by molar-refractivity contribution is 5.37.